The maximum atomic E-state index is 4.88. The van der Waals surface area contributed by atoms with Crippen LogP contribution in [0.5, 0.6) is 0 Å². The quantitative estimate of drug-likeness (QED) is 0.592. The van der Waals surface area contributed by atoms with Crippen molar-refractivity contribution in [2.75, 3.05) is 6.26 Å². The van der Waals surface area contributed by atoms with E-state index in [1.807, 2.05) is 12.5 Å². The van der Waals surface area contributed by atoms with E-state index in [4.69, 9.17) is 18.8 Å². The number of rotatable bonds is 3. The van der Waals surface area contributed by atoms with Crippen molar-refractivity contribution in [3.8, 4) is 0 Å². The van der Waals surface area contributed by atoms with Crippen LogP contribution in [0.15, 0.2) is 9.98 Å². The second-order valence-electron chi connectivity index (χ2n) is 2.61. The Balaban J connectivity index is 0. The van der Waals surface area contributed by atoms with Gasteiger partial charge in [0.2, 0.25) is 0 Å². The molecule has 1 aliphatic heterocycles. The zero-order chi connectivity index (χ0) is 11.9. The van der Waals surface area contributed by atoms with E-state index < -0.39 is 16.5 Å². The fourth-order valence-electron chi connectivity index (χ4n) is 0.863. The molecule has 0 aliphatic carbocycles. The van der Waals surface area contributed by atoms with Gasteiger partial charge in [-0.2, -0.15) is 0 Å². The van der Waals surface area contributed by atoms with Gasteiger partial charge in [0.05, 0.1) is 6.04 Å². The molecule has 0 bridgehead atoms. The van der Waals surface area contributed by atoms with Crippen LogP contribution in [0, 0.1) is 6.26 Å². The van der Waals surface area contributed by atoms with Crippen molar-refractivity contribution in [1.29, 1.82) is 0 Å². The van der Waals surface area contributed by atoms with Gasteiger partial charge >= 0.3 is 35.3 Å². The van der Waals surface area contributed by atoms with Crippen LogP contribution < -0.4 is 0 Å². The summed E-state index contributed by atoms with van der Waals surface area (Å²) >= 11 is 1.03. The normalized spacial score (nSPS) is 16.7. The van der Waals surface area contributed by atoms with Crippen molar-refractivity contribution < 1.29 is 16.5 Å². The third-order valence-corrected chi connectivity index (χ3v) is 1.44. The zero-order valence-corrected chi connectivity index (χ0v) is 13.5. The Morgan fingerprint density at radius 1 is 1.53 bits per heavy atom. The molecule has 1 rings (SSSR count). The molecule has 0 saturated carbocycles. The van der Waals surface area contributed by atoms with Gasteiger partial charge in [-0.3, -0.25) is 11.2 Å². The molecular formula is C9H17Cl2N2PtS-. The second kappa shape index (κ2) is 17.4. The number of thioether (sulfide) groups is 1. The molecule has 0 N–H and O–H groups in total. The van der Waals surface area contributed by atoms with Gasteiger partial charge < -0.3 is 11.8 Å². The molecule has 0 aromatic rings. The summed E-state index contributed by atoms with van der Waals surface area (Å²) < 4.78 is 0. The van der Waals surface area contributed by atoms with Crippen molar-refractivity contribution in [3.63, 3.8) is 0 Å². The number of halogens is 2. The van der Waals surface area contributed by atoms with E-state index >= 15 is 0 Å². The summed E-state index contributed by atoms with van der Waals surface area (Å²) in [5, 5.41) is 0. The summed E-state index contributed by atoms with van der Waals surface area (Å²) in [6.07, 6.45) is 12.6. The van der Waals surface area contributed by atoms with Crippen LogP contribution in [0.2, 0.25) is 0 Å². The minimum absolute atomic E-state index is 0.393. The third-order valence-electron chi connectivity index (χ3n) is 1.44. The SMILES string of the molecule is CCCCC1C=NC=N1.[CH2-]SC.[Cl][Pt][Cl]. The maximum absolute atomic E-state index is 4.88. The molecule has 6 heteroatoms. The number of aliphatic imine (C=N–C) groups is 2. The van der Waals surface area contributed by atoms with E-state index in [0.717, 1.165) is 6.42 Å². The molecule has 0 aromatic carbocycles. The van der Waals surface area contributed by atoms with Gasteiger partial charge in [0.25, 0.3) is 0 Å². The fraction of sp³-hybridized carbons (Fsp3) is 0.667. The number of nitrogens with zero attached hydrogens (tertiary/aromatic N) is 2. The first-order valence-corrected chi connectivity index (χ1v) is 11.4. The molecule has 1 unspecified atom stereocenters. The Kier molecular flexibility index (Phi) is 21.2. The first-order valence-electron chi connectivity index (χ1n) is 4.42. The zero-order valence-electron chi connectivity index (χ0n) is 8.94. The topological polar surface area (TPSA) is 24.7 Å². The molecule has 2 nitrogen and oxygen atoms in total. The van der Waals surface area contributed by atoms with Crippen molar-refractivity contribution >= 4 is 43.2 Å². The summed E-state index contributed by atoms with van der Waals surface area (Å²) in [6.45, 7) is 2.19. The molecule has 1 heterocycles. The molecule has 0 saturated heterocycles. The van der Waals surface area contributed by atoms with Gasteiger partial charge in [-0.1, -0.05) is 19.8 Å². The molecular weight excluding hydrogens is 434 g/mol. The first-order chi connectivity index (χ1) is 7.26. The van der Waals surface area contributed by atoms with Crippen LogP contribution >= 0.6 is 30.6 Å². The van der Waals surface area contributed by atoms with Gasteiger partial charge in [-0.25, -0.2) is 4.99 Å². The van der Waals surface area contributed by atoms with Crippen molar-refractivity contribution in [1.82, 2.24) is 0 Å². The summed E-state index contributed by atoms with van der Waals surface area (Å²) in [5.41, 5.74) is 0. The minimum atomic E-state index is -0.472. The summed E-state index contributed by atoms with van der Waals surface area (Å²) in [6, 6.07) is 0.393. The molecule has 15 heavy (non-hydrogen) atoms. The molecule has 0 fully saturated rings. The van der Waals surface area contributed by atoms with E-state index in [1.165, 1.54) is 24.6 Å². The van der Waals surface area contributed by atoms with E-state index in [-0.39, 0.29) is 0 Å². The van der Waals surface area contributed by atoms with Crippen molar-refractivity contribution in [3.05, 3.63) is 6.26 Å². The predicted molar refractivity (Wildman–Crippen MR) is 70.9 cm³/mol. The number of hydrogen-bond acceptors (Lipinski definition) is 3. The number of unbranched alkanes of at least 4 members (excludes halogenated alkanes) is 1. The van der Waals surface area contributed by atoms with Crippen LogP contribution in [0.25, 0.3) is 0 Å². The number of hydrogen-bond donors (Lipinski definition) is 0. The Morgan fingerprint density at radius 3 is 2.40 bits per heavy atom. The molecule has 1 aliphatic rings. The average molecular weight is 451 g/mol. The molecule has 0 aromatic heterocycles. The Labute approximate surface area is 114 Å². The molecule has 94 valence electrons. The van der Waals surface area contributed by atoms with Crippen LogP contribution in [-0.2, 0) is 16.5 Å². The van der Waals surface area contributed by atoms with Gasteiger partial charge in [-0.05, 0) is 12.7 Å². The predicted octanol–water partition coefficient (Wildman–Crippen LogP) is 4.18. The van der Waals surface area contributed by atoms with E-state index in [2.05, 4.69) is 23.2 Å². The Hall–Kier alpha value is 0.958. The first kappa shape index (κ1) is 18.3. The van der Waals surface area contributed by atoms with Crippen LogP contribution in [0.4, 0.5) is 0 Å². The van der Waals surface area contributed by atoms with Crippen molar-refractivity contribution in [2.24, 2.45) is 9.98 Å². The van der Waals surface area contributed by atoms with Crippen LogP contribution in [0.1, 0.15) is 26.2 Å². The van der Waals surface area contributed by atoms with Gasteiger partial charge in [-0.15, -0.1) is 0 Å². The summed E-state index contributed by atoms with van der Waals surface area (Å²) in [7, 11) is 9.75. The standard InChI is InChI=1S/C7H12N2.C2H5S.2ClH.Pt/c1-2-3-4-7-5-8-6-9-7;1-3-2;;;/h5-7H,2-4H2,1H3;1H2,2H3;2*1H;/q;-1;;;+2/p-2. The van der Waals surface area contributed by atoms with E-state index in [1.54, 1.807) is 6.34 Å². The van der Waals surface area contributed by atoms with Gasteiger partial charge in [0.1, 0.15) is 6.34 Å². The van der Waals surface area contributed by atoms with E-state index in [0.29, 0.717) is 6.04 Å². The molecule has 0 amide bonds. The molecule has 0 spiro atoms. The van der Waals surface area contributed by atoms with Crippen LogP contribution in [-0.4, -0.2) is 24.9 Å². The third kappa shape index (κ3) is 17.6. The average Bonchev–Trinajstić information content (AvgIpc) is 2.70. The second-order valence-corrected chi connectivity index (χ2v) is 6.47. The van der Waals surface area contributed by atoms with Gasteiger partial charge in [0, 0.05) is 6.21 Å². The van der Waals surface area contributed by atoms with E-state index in [9.17, 15) is 0 Å². The fourth-order valence-corrected chi connectivity index (χ4v) is 0.863. The summed E-state index contributed by atoms with van der Waals surface area (Å²) in [4.78, 5) is 8.03. The van der Waals surface area contributed by atoms with Crippen LogP contribution in [0.3, 0.4) is 0 Å². The Morgan fingerprint density at radius 2 is 2.07 bits per heavy atom. The monoisotopic (exact) mass is 450 g/mol. The molecule has 1 atom stereocenters. The summed E-state index contributed by atoms with van der Waals surface area (Å²) in [5.74, 6) is 0. The van der Waals surface area contributed by atoms with Crippen molar-refractivity contribution in [2.45, 2.75) is 32.2 Å². The Bertz CT molecular complexity index is 154. The molecule has 0 radical (unpaired) electrons. The van der Waals surface area contributed by atoms with Gasteiger partial charge in [0.15, 0.2) is 0 Å².